The molecule has 0 saturated heterocycles. The van der Waals surface area contributed by atoms with Crippen LogP contribution in [0.4, 0.5) is 0 Å². The number of thiophene rings is 1. The highest BCUT2D eigenvalue weighted by atomic mass is 35.5. The average Bonchev–Trinajstić information content (AvgIpc) is 3.23. The van der Waals surface area contributed by atoms with E-state index in [-0.39, 0.29) is 5.91 Å². The van der Waals surface area contributed by atoms with Crippen molar-refractivity contribution in [2.75, 3.05) is 0 Å². The van der Waals surface area contributed by atoms with Gasteiger partial charge in [0.25, 0.3) is 5.91 Å². The third kappa shape index (κ3) is 3.79. The molecule has 0 radical (unpaired) electrons. The van der Waals surface area contributed by atoms with Crippen LogP contribution in [-0.2, 0) is 12.8 Å². The molecule has 2 aromatic heterocycles. The Morgan fingerprint density at radius 3 is 2.87 bits per heavy atom. The number of nitrogens with one attached hydrogen (secondary N) is 1. The Hall–Kier alpha value is -2.88. The fourth-order valence-electron chi connectivity index (χ4n) is 3.91. The Kier molecular flexibility index (Phi) is 5.76. The number of amides is 1. The standard InChI is InChI=1S/C23H21ClN4OS/c1-14-10-17(13-26-27-22(29)16-6-5-7-18(24)11-16)15(2)28(14)23-20(12-25)19-8-3-4-9-21(19)30-23/h5-7,10-11,13H,3-4,8-9H2,1-2H3,(H,27,29)/b26-13-. The van der Waals surface area contributed by atoms with Crippen LogP contribution in [0, 0.1) is 25.2 Å². The number of fused-ring (bicyclic) bond motifs is 1. The van der Waals surface area contributed by atoms with Crippen LogP contribution in [0.25, 0.3) is 5.00 Å². The summed E-state index contributed by atoms with van der Waals surface area (Å²) in [4.78, 5) is 13.6. The zero-order valence-electron chi connectivity index (χ0n) is 16.8. The summed E-state index contributed by atoms with van der Waals surface area (Å²) < 4.78 is 2.13. The van der Waals surface area contributed by atoms with Gasteiger partial charge in [0.05, 0.1) is 11.8 Å². The van der Waals surface area contributed by atoms with Gasteiger partial charge in [-0.2, -0.15) is 10.4 Å². The third-order valence-corrected chi connectivity index (χ3v) is 6.91. The lowest BCUT2D eigenvalue weighted by Crippen LogP contribution is -2.17. The number of rotatable bonds is 4. The molecule has 0 fully saturated rings. The number of carbonyl (C=O) groups is 1. The van der Waals surface area contributed by atoms with E-state index in [2.05, 4.69) is 21.2 Å². The average molecular weight is 437 g/mol. The summed E-state index contributed by atoms with van der Waals surface area (Å²) in [6.07, 6.45) is 6.01. The van der Waals surface area contributed by atoms with E-state index < -0.39 is 0 Å². The van der Waals surface area contributed by atoms with Crippen molar-refractivity contribution < 1.29 is 4.79 Å². The molecule has 30 heavy (non-hydrogen) atoms. The summed E-state index contributed by atoms with van der Waals surface area (Å²) in [7, 11) is 0. The lowest BCUT2D eigenvalue weighted by atomic mass is 9.96. The Balaban J connectivity index is 1.60. The highest BCUT2D eigenvalue weighted by Crippen LogP contribution is 2.38. The number of hydrazone groups is 1. The number of carbonyl (C=O) groups excluding carboxylic acids is 1. The molecule has 0 spiro atoms. The first-order valence-electron chi connectivity index (χ1n) is 9.82. The molecule has 7 heteroatoms. The maximum atomic E-state index is 12.2. The predicted octanol–water partition coefficient (Wildman–Crippen LogP) is 5.32. The second kappa shape index (κ2) is 8.47. The summed E-state index contributed by atoms with van der Waals surface area (Å²) in [6.45, 7) is 4.03. The molecule has 0 atom stereocenters. The van der Waals surface area contributed by atoms with Crippen molar-refractivity contribution in [1.82, 2.24) is 9.99 Å². The highest BCUT2D eigenvalue weighted by Gasteiger charge is 2.23. The molecule has 3 aromatic rings. The number of halogens is 1. The lowest BCUT2D eigenvalue weighted by Gasteiger charge is -2.10. The van der Waals surface area contributed by atoms with Crippen LogP contribution in [-0.4, -0.2) is 16.7 Å². The minimum absolute atomic E-state index is 0.319. The first-order valence-corrected chi connectivity index (χ1v) is 11.0. The largest absolute Gasteiger partial charge is 0.308 e. The van der Waals surface area contributed by atoms with Crippen LogP contribution >= 0.6 is 22.9 Å². The molecule has 1 aliphatic rings. The number of aromatic nitrogens is 1. The van der Waals surface area contributed by atoms with Crippen molar-refractivity contribution >= 4 is 35.1 Å². The topological polar surface area (TPSA) is 70.2 Å². The fourth-order valence-corrected chi connectivity index (χ4v) is 5.55. The molecule has 5 nitrogen and oxygen atoms in total. The van der Waals surface area contributed by atoms with Gasteiger partial charge < -0.3 is 4.57 Å². The predicted molar refractivity (Wildman–Crippen MR) is 121 cm³/mol. The molecule has 0 unspecified atom stereocenters. The Morgan fingerprint density at radius 1 is 1.30 bits per heavy atom. The lowest BCUT2D eigenvalue weighted by molar-refractivity contribution is 0.0955. The third-order valence-electron chi connectivity index (χ3n) is 5.39. The van der Waals surface area contributed by atoms with Crippen LogP contribution in [0.2, 0.25) is 5.02 Å². The van der Waals surface area contributed by atoms with Gasteiger partial charge in [-0.1, -0.05) is 17.7 Å². The molecular weight excluding hydrogens is 416 g/mol. The molecule has 0 saturated carbocycles. The van der Waals surface area contributed by atoms with Crippen molar-refractivity contribution in [2.24, 2.45) is 5.10 Å². The van der Waals surface area contributed by atoms with E-state index in [9.17, 15) is 10.1 Å². The highest BCUT2D eigenvalue weighted by molar-refractivity contribution is 7.15. The fraction of sp³-hybridized carbons (Fsp3) is 0.261. The molecule has 1 N–H and O–H groups in total. The van der Waals surface area contributed by atoms with Crippen LogP contribution in [0.1, 0.15) is 56.2 Å². The second-order valence-electron chi connectivity index (χ2n) is 7.37. The van der Waals surface area contributed by atoms with E-state index in [1.807, 2.05) is 19.9 Å². The maximum Gasteiger partial charge on any atom is 0.271 e. The number of hydrogen-bond donors (Lipinski definition) is 1. The van der Waals surface area contributed by atoms with Gasteiger partial charge in [0.15, 0.2) is 0 Å². The van der Waals surface area contributed by atoms with Gasteiger partial charge in [-0.25, -0.2) is 5.43 Å². The number of nitrogens with zero attached hydrogens (tertiary/aromatic N) is 3. The monoisotopic (exact) mass is 436 g/mol. The van der Waals surface area contributed by atoms with Crippen molar-refractivity contribution in [1.29, 1.82) is 5.26 Å². The van der Waals surface area contributed by atoms with Crippen LogP contribution < -0.4 is 5.43 Å². The Labute approximate surface area is 184 Å². The minimum atomic E-state index is -0.319. The van der Waals surface area contributed by atoms with Gasteiger partial charge in [0.1, 0.15) is 11.1 Å². The molecule has 1 amide bonds. The van der Waals surface area contributed by atoms with Gasteiger partial charge in [-0.05, 0) is 69.4 Å². The van der Waals surface area contributed by atoms with Gasteiger partial charge in [-0.15, -0.1) is 11.3 Å². The van der Waals surface area contributed by atoms with Gasteiger partial charge in [-0.3, -0.25) is 4.79 Å². The maximum absolute atomic E-state index is 12.2. The van der Waals surface area contributed by atoms with Crippen molar-refractivity contribution in [3.63, 3.8) is 0 Å². The van der Waals surface area contributed by atoms with E-state index in [0.29, 0.717) is 10.6 Å². The molecule has 1 aromatic carbocycles. The normalized spacial score (nSPS) is 13.3. The van der Waals surface area contributed by atoms with Crippen molar-refractivity contribution in [2.45, 2.75) is 39.5 Å². The summed E-state index contributed by atoms with van der Waals surface area (Å²) in [6, 6.07) is 11.2. The van der Waals surface area contributed by atoms with Crippen molar-refractivity contribution in [3.05, 3.63) is 73.9 Å². The minimum Gasteiger partial charge on any atom is -0.308 e. The summed E-state index contributed by atoms with van der Waals surface area (Å²) in [5.41, 5.74) is 7.94. The number of aryl methyl sites for hydroxylation is 2. The summed E-state index contributed by atoms with van der Waals surface area (Å²) >= 11 is 7.66. The van der Waals surface area contributed by atoms with E-state index in [4.69, 9.17) is 11.6 Å². The van der Waals surface area contributed by atoms with E-state index >= 15 is 0 Å². The van der Waals surface area contributed by atoms with Crippen molar-refractivity contribution in [3.8, 4) is 11.1 Å². The van der Waals surface area contributed by atoms with Gasteiger partial charge >= 0.3 is 0 Å². The molecule has 152 valence electrons. The molecule has 1 aliphatic carbocycles. The molecule has 0 aliphatic heterocycles. The van der Waals surface area contributed by atoms with Crippen LogP contribution in [0.5, 0.6) is 0 Å². The van der Waals surface area contributed by atoms with Crippen LogP contribution in [0.3, 0.4) is 0 Å². The van der Waals surface area contributed by atoms with Crippen LogP contribution in [0.15, 0.2) is 35.4 Å². The molecule has 2 heterocycles. The number of benzene rings is 1. The van der Waals surface area contributed by atoms with E-state index in [0.717, 1.165) is 46.8 Å². The first-order chi connectivity index (χ1) is 14.5. The zero-order valence-corrected chi connectivity index (χ0v) is 18.4. The molecular formula is C23H21ClN4OS. The van der Waals surface area contributed by atoms with E-state index in [1.54, 1.807) is 41.8 Å². The first kappa shape index (κ1) is 20.4. The zero-order chi connectivity index (χ0) is 21.3. The number of nitriles is 1. The number of hydrogen-bond acceptors (Lipinski definition) is 4. The summed E-state index contributed by atoms with van der Waals surface area (Å²) in [5.74, 6) is -0.319. The smallest absolute Gasteiger partial charge is 0.271 e. The quantitative estimate of drug-likeness (QED) is 0.444. The molecule has 0 bridgehead atoms. The summed E-state index contributed by atoms with van der Waals surface area (Å²) in [5, 5.41) is 15.4. The van der Waals surface area contributed by atoms with Gasteiger partial charge in [0.2, 0.25) is 0 Å². The van der Waals surface area contributed by atoms with E-state index in [1.165, 1.54) is 16.9 Å². The van der Waals surface area contributed by atoms with Gasteiger partial charge in [0, 0.05) is 32.4 Å². The Bertz CT molecular complexity index is 1200. The SMILES string of the molecule is Cc1cc(/C=N\NC(=O)c2cccc(Cl)c2)c(C)n1-c1sc2c(c1C#N)CCCC2. The Morgan fingerprint density at radius 2 is 2.10 bits per heavy atom. The molecule has 4 rings (SSSR count). The second-order valence-corrected chi connectivity index (χ2v) is 8.89.